The number of benzene rings is 2. The Morgan fingerprint density at radius 3 is 2.42 bits per heavy atom. The molecule has 0 amide bonds. The van der Waals surface area contributed by atoms with E-state index < -0.39 is 11.5 Å². The molecule has 26 heavy (non-hydrogen) atoms. The molecule has 5 nitrogen and oxygen atoms in total. The molecule has 0 spiro atoms. The van der Waals surface area contributed by atoms with Crippen LogP contribution < -0.4 is 5.56 Å². The number of carboxylic acid groups (broad SMARTS) is 1. The van der Waals surface area contributed by atoms with Gasteiger partial charge in [0.15, 0.2) is 0 Å². The van der Waals surface area contributed by atoms with Crippen LogP contribution in [0.4, 0.5) is 0 Å². The van der Waals surface area contributed by atoms with Crippen LogP contribution >= 0.6 is 11.6 Å². The van der Waals surface area contributed by atoms with Crippen molar-refractivity contribution in [2.45, 2.75) is 6.92 Å². The molecule has 3 rings (SSSR count). The Labute approximate surface area is 154 Å². The Morgan fingerprint density at radius 1 is 1.12 bits per heavy atom. The van der Waals surface area contributed by atoms with Crippen LogP contribution in [0.5, 0.6) is 0 Å². The van der Waals surface area contributed by atoms with Crippen LogP contribution in [0.2, 0.25) is 5.02 Å². The Hall–Kier alpha value is -3.36. The summed E-state index contributed by atoms with van der Waals surface area (Å²) < 4.78 is 0. The maximum absolute atomic E-state index is 12.1. The quantitative estimate of drug-likeness (QED) is 0.726. The SMILES string of the molecule is Cc1cc(-c2ccccc2-c2ccc(C(=O)O)c(Cl)c2)c(C#N)c(=O)[nH]1. The van der Waals surface area contributed by atoms with E-state index in [0.717, 1.165) is 5.56 Å². The van der Waals surface area contributed by atoms with Gasteiger partial charge in [-0.05, 0) is 41.8 Å². The molecule has 1 heterocycles. The molecular weight excluding hydrogens is 352 g/mol. The molecule has 0 saturated carbocycles. The first-order chi connectivity index (χ1) is 12.4. The standard InChI is InChI=1S/C20H13ClN2O3/c1-11-8-16(17(10-22)19(24)23-11)14-5-3-2-4-13(14)12-6-7-15(20(25)26)18(21)9-12/h2-9H,1H3,(H,23,24)(H,25,26). The van der Waals surface area contributed by atoms with Crippen LogP contribution in [-0.2, 0) is 0 Å². The van der Waals surface area contributed by atoms with Crippen molar-refractivity contribution in [3.63, 3.8) is 0 Å². The number of pyridine rings is 1. The van der Waals surface area contributed by atoms with E-state index in [9.17, 15) is 14.9 Å². The van der Waals surface area contributed by atoms with Crippen molar-refractivity contribution in [2.75, 3.05) is 0 Å². The van der Waals surface area contributed by atoms with Crippen molar-refractivity contribution in [1.82, 2.24) is 4.98 Å². The maximum Gasteiger partial charge on any atom is 0.337 e. The Bertz CT molecular complexity index is 1130. The average molecular weight is 365 g/mol. The molecule has 6 heteroatoms. The van der Waals surface area contributed by atoms with Gasteiger partial charge in [-0.1, -0.05) is 41.9 Å². The molecule has 0 fully saturated rings. The van der Waals surface area contributed by atoms with Crippen LogP contribution in [0.15, 0.2) is 53.3 Å². The first kappa shape index (κ1) is 17.5. The Morgan fingerprint density at radius 2 is 1.81 bits per heavy atom. The third kappa shape index (κ3) is 3.10. The number of aromatic nitrogens is 1. The summed E-state index contributed by atoms with van der Waals surface area (Å²) in [7, 11) is 0. The van der Waals surface area contributed by atoms with Gasteiger partial charge in [-0.25, -0.2) is 4.79 Å². The summed E-state index contributed by atoms with van der Waals surface area (Å²) in [6.45, 7) is 1.74. The van der Waals surface area contributed by atoms with Gasteiger partial charge >= 0.3 is 5.97 Å². The molecule has 2 N–H and O–H groups in total. The van der Waals surface area contributed by atoms with Gasteiger partial charge in [0.1, 0.15) is 11.6 Å². The topological polar surface area (TPSA) is 93.9 Å². The molecule has 128 valence electrons. The van der Waals surface area contributed by atoms with Crippen molar-refractivity contribution in [3.05, 3.63) is 80.7 Å². The zero-order valence-electron chi connectivity index (χ0n) is 13.7. The van der Waals surface area contributed by atoms with E-state index in [4.69, 9.17) is 16.7 Å². The highest BCUT2D eigenvalue weighted by atomic mass is 35.5. The average Bonchev–Trinajstić information content (AvgIpc) is 2.60. The largest absolute Gasteiger partial charge is 0.478 e. The Balaban J connectivity index is 2.27. The lowest BCUT2D eigenvalue weighted by Crippen LogP contribution is -2.12. The van der Waals surface area contributed by atoms with Crippen molar-refractivity contribution in [3.8, 4) is 28.3 Å². The van der Waals surface area contributed by atoms with Crippen LogP contribution in [-0.4, -0.2) is 16.1 Å². The number of nitrogens with zero attached hydrogens (tertiary/aromatic N) is 1. The zero-order valence-corrected chi connectivity index (χ0v) is 14.5. The summed E-state index contributed by atoms with van der Waals surface area (Å²) in [6, 6.07) is 15.6. The predicted octanol–water partition coefficient (Wildman–Crippen LogP) is 4.24. The van der Waals surface area contributed by atoms with E-state index in [-0.39, 0.29) is 16.1 Å². The Kier molecular flexibility index (Phi) is 4.61. The molecule has 0 radical (unpaired) electrons. The molecule has 0 saturated heterocycles. The minimum Gasteiger partial charge on any atom is -0.478 e. The molecule has 0 atom stereocenters. The highest BCUT2D eigenvalue weighted by molar-refractivity contribution is 6.33. The monoisotopic (exact) mass is 364 g/mol. The van der Waals surface area contributed by atoms with E-state index in [0.29, 0.717) is 22.4 Å². The molecule has 0 unspecified atom stereocenters. The molecule has 0 aliphatic carbocycles. The number of aryl methyl sites for hydroxylation is 1. The lowest BCUT2D eigenvalue weighted by atomic mass is 9.92. The zero-order chi connectivity index (χ0) is 18.8. The molecule has 1 aromatic heterocycles. The summed E-state index contributed by atoms with van der Waals surface area (Å²) in [4.78, 5) is 25.9. The highest BCUT2D eigenvalue weighted by Crippen LogP contribution is 2.35. The van der Waals surface area contributed by atoms with E-state index in [1.807, 2.05) is 30.3 Å². The molecule has 0 aliphatic rings. The first-order valence-electron chi connectivity index (χ1n) is 7.69. The predicted molar refractivity (Wildman–Crippen MR) is 99.4 cm³/mol. The van der Waals surface area contributed by atoms with Gasteiger partial charge in [0, 0.05) is 11.3 Å². The van der Waals surface area contributed by atoms with Crippen LogP contribution in [0, 0.1) is 18.3 Å². The number of H-pyrrole nitrogens is 1. The smallest absolute Gasteiger partial charge is 0.337 e. The minimum atomic E-state index is -1.10. The van der Waals surface area contributed by atoms with Gasteiger partial charge in [0.25, 0.3) is 5.56 Å². The second-order valence-corrected chi connectivity index (χ2v) is 6.13. The fourth-order valence-electron chi connectivity index (χ4n) is 2.84. The summed E-state index contributed by atoms with van der Waals surface area (Å²) in [6.07, 6.45) is 0. The van der Waals surface area contributed by atoms with E-state index >= 15 is 0 Å². The number of rotatable bonds is 3. The molecular formula is C20H13ClN2O3. The number of hydrogen-bond donors (Lipinski definition) is 2. The van der Waals surface area contributed by atoms with Crippen molar-refractivity contribution in [2.24, 2.45) is 0 Å². The third-order valence-electron chi connectivity index (χ3n) is 4.01. The molecule has 0 aliphatic heterocycles. The van der Waals surface area contributed by atoms with Crippen molar-refractivity contribution >= 4 is 17.6 Å². The first-order valence-corrected chi connectivity index (χ1v) is 8.07. The number of hydrogen-bond acceptors (Lipinski definition) is 3. The lowest BCUT2D eigenvalue weighted by molar-refractivity contribution is 0.0697. The number of carbonyl (C=O) groups is 1. The summed E-state index contributed by atoms with van der Waals surface area (Å²) in [5, 5.41) is 18.6. The number of halogens is 1. The van der Waals surface area contributed by atoms with E-state index in [1.54, 1.807) is 25.1 Å². The highest BCUT2D eigenvalue weighted by Gasteiger charge is 2.16. The number of aromatic amines is 1. The third-order valence-corrected chi connectivity index (χ3v) is 4.32. The van der Waals surface area contributed by atoms with Gasteiger partial charge in [-0.2, -0.15) is 5.26 Å². The summed E-state index contributed by atoms with van der Waals surface area (Å²) >= 11 is 6.09. The van der Waals surface area contributed by atoms with Gasteiger partial charge in [-0.3, -0.25) is 4.79 Å². The van der Waals surface area contributed by atoms with E-state index in [2.05, 4.69) is 4.98 Å². The van der Waals surface area contributed by atoms with Gasteiger partial charge in [0.2, 0.25) is 0 Å². The maximum atomic E-state index is 12.1. The fraction of sp³-hybridized carbons (Fsp3) is 0.0500. The molecule has 3 aromatic rings. The van der Waals surface area contributed by atoms with Crippen LogP contribution in [0.1, 0.15) is 21.6 Å². The number of nitriles is 1. The van der Waals surface area contributed by atoms with Crippen molar-refractivity contribution in [1.29, 1.82) is 5.26 Å². The van der Waals surface area contributed by atoms with Crippen LogP contribution in [0.25, 0.3) is 22.3 Å². The lowest BCUT2D eigenvalue weighted by Gasteiger charge is -2.12. The van der Waals surface area contributed by atoms with Gasteiger partial charge in [0.05, 0.1) is 10.6 Å². The second kappa shape index (κ2) is 6.87. The second-order valence-electron chi connectivity index (χ2n) is 5.73. The van der Waals surface area contributed by atoms with Crippen molar-refractivity contribution < 1.29 is 9.90 Å². The number of carboxylic acids is 1. The minimum absolute atomic E-state index is 0.0117. The molecule has 0 bridgehead atoms. The summed E-state index contributed by atoms with van der Waals surface area (Å²) in [5.41, 5.74) is 2.87. The van der Waals surface area contributed by atoms with Gasteiger partial charge < -0.3 is 10.1 Å². The van der Waals surface area contributed by atoms with E-state index in [1.165, 1.54) is 6.07 Å². The summed E-state index contributed by atoms with van der Waals surface area (Å²) in [5.74, 6) is -1.10. The fourth-order valence-corrected chi connectivity index (χ4v) is 3.10. The number of nitrogens with one attached hydrogen (secondary N) is 1. The van der Waals surface area contributed by atoms with Crippen LogP contribution in [0.3, 0.4) is 0 Å². The molecule has 2 aromatic carbocycles. The number of aromatic carboxylic acids is 1. The normalized spacial score (nSPS) is 10.3. The van der Waals surface area contributed by atoms with Gasteiger partial charge in [-0.15, -0.1) is 0 Å².